The van der Waals surface area contributed by atoms with Crippen LogP contribution >= 0.6 is 0 Å². The summed E-state index contributed by atoms with van der Waals surface area (Å²) in [6, 6.07) is 6.20. The van der Waals surface area contributed by atoms with Crippen molar-refractivity contribution in [3.63, 3.8) is 0 Å². The molecule has 6 nitrogen and oxygen atoms in total. The molecule has 0 aliphatic heterocycles. The number of aryl methyl sites for hydroxylation is 1. The van der Waals surface area contributed by atoms with E-state index in [2.05, 4.69) is 9.88 Å². The first-order valence-corrected chi connectivity index (χ1v) is 8.97. The molecule has 0 saturated heterocycles. The standard InChI is InChI=1S/C21H21F2N3O3/c1-4-7-26-13(2)8-15(14(26)3)9-16(11-24)21(28)29-12-20(27)25-19-10-17(22)5-6-18(19)23/h5-6,8-10H,4,7,12H2,1-3H3,(H,25,27). The number of halogens is 2. The van der Waals surface area contributed by atoms with Gasteiger partial charge in [-0.05, 0) is 50.1 Å². The molecule has 8 heteroatoms. The van der Waals surface area contributed by atoms with Crippen LogP contribution in [-0.2, 0) is 20.9 Å². The molecule has 0 aliphatic rings. The van der Waals surface area contributed by atoms with Crippen molar-refractivity contribution in [2.24, 2.45) is 0 Å². The maximum Gasteiger partial charge on any atom is 0.349 e. The normalized spacial score (nSPS) is 11.1. The van der Waals surface area contributed by atoms with Crippen LogP contribution in [0.5, 0.6) is 0 Å². The van der Waals surface area contributed by atoms with Gasteiger partial charge in [0.1, 0.15) is 23.3 Å². The van der Waals surface area contributed by atoms with E-state index in [9.17, 15) is 23.6 Å². The lowest BCUT2D eigenvalue weighted by atomic mass is 10.1. The molecule has 1 aromatic heterocycles. The molecule has 0 radical (unpaired) electrons. The van der Waals surface area contributed by atoms with Gasteiger partial charge in [-0.15, -0.1) is 0 Å². The van der Waals surface area contributed by atoms with Crippen LogP contribution in [0.25, 0.3) is 6.08 Å². The summed E-state index contributed by atoms with van der Waals surface area (Å²) in [5, 5.41) is 11.4. The summed E-state index contributed by atoms with van der Waals surface area (Å²) >= 11 is 0. The topological polar surface area (TPSA) is 84.1 Å². The van der Waals surface area contributed by atoms with Gasteiger partial charge in [0.25, 0.3) is 5.91 Å². The molecular weight excluding hydrogens is 380 g/mol. The summed E-state index contributed by atoms with van der Waals surface area (Å²) < 4.78 is 33.6. The average Bonchev–Trinajstić information content (AvgIpc) is 2.94. The van der Waals surface area contributed by atoms with Crippen LogP contribution in [0.15, 0.2) is 29.8 Å². The summed E-state index contributed by atoms with van der Waals surface area (Å²) in [7, 11) is 0. The van der Waals surface area contributed by atoms with E-state index in [1.807, 2.05) is 26.8 Å². The molecule has 1 aromatic carbocycles. The predicted molar refractivity (Wildman–Crippen MR) is 104 cm³/mol. The van der Waals surface area contributed by atoms with Crippen molar-refractivity contribution in [2.75, 3.05) is 11.9 Å². The molecule has 0 aliphatic carbocycles. The maximum atomic E-state index is 13.5. The molecule has 0 bridgehead atoms. The number of nitriles is 1. The molecule has 152 valence electrons. The third-order valence-electron chi connectivity index (χ3n) is 4.24. The molecule has 2 rings (SSSR count). The van der Waals surface area contributed by atoms with Crippen LogP contribution in [0, 0.1) is 36.8 Å². The number of nitrogens with one attached hydrogen (secondary N) is 1. The molecule has 0 spiro atoms. The van der Waals surface area contributed by atoms with Crippen molar-refractivity contribution in [3.05, 3.63) is 58.4 Å². The third kappa shape index (κ3) is 5.51. The van der Waals surface area contributed by atoms with Gasteiger partial charge in [-0.2, -0.15) is 5.26 Å². The van der Waals surface area contributed by atoms with Crippen LogP contribution < -0.4 is 5.32 Å². The summed E-state index contributed by atoms with van der Waals surface area (Å²) in [4.78, 5) is 24.0. The minimum absolute atomic E-state index is 0.272. The number of amides is 1. The second-order valence-corrected chi connectivity index (χ2v) is 6.40. The number of nitrogens with zero attached hydrogens (tertiary/aromatic N) is 2. The largest absolute Gasteiger partial charge is 0.451 e. The first-order valence-electron chi connectivity index (χ1n) is 8.97. The number of carbonyl (C=O) groups excluding carboxylic acids is 2. The highest BCUT2D eigenvalue weighted by Gasteiger charge is 2.16. The van der Waals surface area contributed by atoms with Gasteiger partial charge in [0, 0.05) is 24.0 Å². The molecular formula is C21H21F2N3O3. The smallest absolute Gasteiger partial charge is 0.349 e. The lowest BCUT2D eigenvalue weighted by molar-refractivity contribution is -0.142. The van der Waals surface area contributed by atoms with Crippen molar-refractivity contribution in [1.29, 1.82) is 5.26 Å². The SMILES string of the molecule is CCCn1c(C)cc(C=C(C#N)C(=O)OCC(=O)Nc2cc(F)ccc2F)c1C. The van der Waals surface area contributed by atoms with Gasteiger partial charge in [-0.1, -0.05) is 6.92 Å². The minimum Gasteiger partial charge on any atom is -0.451 e. The molecule has 0 fully saturated rings. The van der Waals surface area contributed by atoms with E-state index < -0.39 is 30.1 Å². The summed E-state index contributed by atoms with van der Waals surface area (Å²) in [6.45, 7) is 5.93. The molecule has 1 heterocycles. The molecule has 0 saturated carbocycles. The maximum absolute atomic E-state index is 13.5. The number of anilines is 1. The fraction of sp³-hybridized carbons (Fsp3) is 0.286. The van der Waals surface area contributed by atoms with Gasteiger partial charge in [0.15, 0.2) is 6.61 Å². The summed E-state index contributed by atoms with van der Waals surface area (Å²) in [5.74, 6) is -3.40. The lowest BCUT2D eigenvalue weighted by Gasteiger charge is -2.08. The number of benzene rings is 1. The van der Waals surface area contributed by atoms with Gasteiger partial charge < -0.3 is 14.6 Å². The summed E-state index contributed by atoms with van der Waals surface area (Å²) in [6.07, 6.45) is 2.34. The average molecular weight is 401 g/mol. The highest BCUT2D eigenvalue weighted by Crippen LogP contribution is 2.19. The fourth-order valence-corrected chi connectivity index (χ4v) is 2.82. The highest BCUT2D eigenvalue weighted by molar-refractivity contribution is 6.00. The number of hydrogen-bond donors (Lipinski definition) is 1. The minimum atomic E-state index is -0.984. The van der Waals surface area contributed by atoms with E-state index in [0.29, 0.717) is 5.56 Å². The van der Waals surface area contributed by atoms with Crippen LogP contribution in [0.3, 0.4) is 0 Å². The first-order chi connectivity index (χ1) is 13.8. The zero-order valence-electron chi connectivity index (χ0n) is 16.4. The van der Waals surface area contributed by atoms with Crippen LogP contribution in [0.2, 0.25) is 0 Å². The monoisotopic (exact) mass is 401 g/mol. The highest BCUT2D eigenvalue weighted by atomic mass is 19.1. The van der Waals surface area contributed by atoms with E-state index in [0.717, 1.165) is 42.6 Å². The van der Waals surface area contributed by atoms with E-state index in [4.69, 9.17) is 4.74 Å². The van der Waals surface area contributed by atoms with Crippen LogP contribution in [-0.4, -0.2) is 23.1 Å². The summed E-state index contributed by atoms with van der Waals surface area (Å²) in [5.41, 5.74) is 1.97. The van der Waals surface area contributed by atoms with E-state index in [-0.39, 0.29) is 11.3 Å². The first kappa shape index (κ1) is 21.8. The van der Waals surface area contributed by atoms with Crippen molar-refractivity contribution < 1.29 is 23.1 Å². The zero-order chi connectivity index (χ0) is 21.6. The van der Waals surface area contributed by atoms with Gasteiger partial charge in [-0.3, -0.25) is 4.79 Å². The Hall–Kier alpha value is -3.47. The van der Waals surface area contributed by atoms with E-state index in [1.54, 1.807) is 6.07 Å². The Balaban J connectivity index is 2.06. The molecule has 1 N–H and O–H groups in total. The Morgan fingerprint density at radius 1 is 1.28 bits per heavy atom. The quantitative estimate of drug-likeness (QED) is 0.434. The molecule has 0 unspecified atom stereocenters. The van der Waals surface area contributed by atoms with Crippen molar-refractivity contribution in [1.82, 2.24) is 4.57 Å². The van der Waals surface area contributed by atoms with Gasteiger partial charge in [0.2, 0.25) is 0 Å². The number of rotatable bonds is 7. The Bertz CT molecular complexity index is 1000. The molecule has 0 atom stereocenters. The Labute approximate surface area is 167 Å². The van der Waals surface area contributed by atoms with E-state index in [1.165, 1.54) is 6.08 Å². The van der Waals surface area contributed by atoms with E-state index >= 15 is 0 Å². The van der Waals surface area contributed by atoms with Crippen molar-refractivity contribution in [3.8, 4) is 6.07 Å². The van der Waals surface area contributed by atoms with Crippen LogP contribution in [0.4, 0.5) is 14.5 Å². The number of esters is 1. The molecule has 2 aromatic rings. The second-order valence-electron chi connectivity index (χ2n) is 6.40. The fourth-order valence-electron chi connectivity index (χ4n) is 2.82. The van der Waals surface area contributed by atoms with Crippen molar-refractivity contribution >= 4 is 23.6 Å². The Morgan fingerprint density at radius 3 is 2.66 bits per heavy atom. The zero-order valence-corrected chi connectivity index (χ0v) is 16.4. The Kier molecular flexibility index (Phi) is 7.26. The third-order valence-corrected chi connectivity index (χ3v) is 4.24. The number of ether oxygens (including phenoxy) is 1. The predicted octanol–water partition coefficient (Wildman–Crippen LogP) is 3.88. The van der Waals surface area contributed by atoms with Gasteiger partial charge >= 0.3 is 5.97 Å². The lowest BCUT2D eigenvalue weighted by Crippen LogP contribution is -2.22. The second kappa shape index (κ2) is 9.64. The van der Waals surface area contributed by atoms with Gasteiger partial charge in [-0.25, -0.2) is 13.6 Å². The molecule has 29 heavy (non-hydrogen) atoms. The Morgan fingerprint density at radius 2 is 2.00 bits per heavy atom. The van der Waals surface area contributed by atoms with Crippen molar-refractivity contribution in [2.45, 2.75) is 33.7 Å². The van der Waals surface area contributed by atoms with Crippen LogP contribution in [0.1, 0.15) is 30.3 Å². The molecule has 1 amide bonds. The number of carbonyl (C=O) groups is 2. The number of aromatic nitrogens is 1. The number of hydrogen-bond acceptors (Lipinski definition) is 4. The van der Waals surface area contributed by atoms with Gasteiger partial charge in [0.05, 0.1) is 5.69 Å².